The second-order valence-corrected chi connectivity index (χ2v) is 8.06. The molecule has 0 spiro atoms. The van der Waals surface area contributed by atoms with Gasteiger partial charge in [0, 0.05) is 10.6 Å². The summed E-state index contributed by atoms with van der Waals surface area (Å²) in [6, 6.07) is 17.3. The fourth-order valence-electron chi connectivity index (χ4n) is 4.31. The number of carbonyl (C=O) groups is 3. The fourth-order valence-corrected chi connectivity index (χ4v) is 4.58. The molecule has 5 rings (SSSR count). The molecule has 2 fully saturated rings. The van der Waals surface area contributed by atoms with Crippen molar-refractivity contribution in [3.8, 4) is 0 Å². The molecule has 1 N–H and O–H groups in total. The van der Waals surface area contributed by atoms with E-state index in [2.05, 4.69) is 0 Å². The number of benzene rings is 3. The van der Waals surface area contributed by atoms with Crippen molar-refractivity contribution in [2.45, 2.75) is 12.1 Å². The van der Waals surface area contributed by atoms with E-state index in [1.807, 2.05) is 0 Å². The minimum Gasteiger partial charge on any atom is -0.478 e. The Morgan fingerprint density at radius 2 is 1.61 bits per heavy atom. The van der Waals surface area contributed by atoms with Gasteiger partial charge in [-0.2, -0.15) is 0 Å². The van der Waals surface area contributed by atoms with Crippen LogP contribution in [0.3, 0.4) is 0 Å². The Morgan fingerprint density at radius 3 is 2.24 bits per heavy atom. The van der Waals surface area contributed by atoms with E-state index in [-0.39, 0.29) is 21.8 Å². The van der Waals surface area contributed by atoms with Crippen LogP contribution in [0.25, 0.3) is 0 Å². The van der Waals surface area contributed by atoms with E-state index in [0.717, 1.165) is 4.90 Å². The highest BCUT2D eigenvalue weighted by Crippen LogP contribution is 2.49. The molecule has 0 radical (unpaired) electrons. The smallest absolute Gasteiger partial charge is 0.335 e. The number of carboxylic acids is 1. The number of hydroxylamine groups is 1. The van der Waals surface area contributed by atoms with Crippen LogP contribution in [0.15, 0.2) is 72.8 Å². The van der Waals surface area contributed by atoms with E-state index in [1.54, 1.807) is 30.3 Å². The summed E-state index contributed by atoms with van der Waals surface area (Å²) in [6.07, 6.45) is -1.20. The maximum atomic E-state index is 15.0. The lowest BCUT2D eigenvalue weighted by Crippen LogP contribution is -2.37. The third-order valence-corrected chi connectivity index (χ3v) is 6.12. The molecule has 7 nitrogen and oxygen atoms in total. The average molecular weight is 467 g/mol. The molecular weight excluding hydrogens is 451 g/mol. The van der Waals surface area contributed by atoms with Gasteiger partial charge in [0.25, 0.3) is 5.91 Å². The van der Waals surface area contributed by atoms with E-state index in [4.69, 9.17) is 21.5 Å². The summed E-state index contributed by atoms with van der Waals surface area (Å²) < 4.78 is 15.0. The van der Waals surface area contributed by atoms with E-state index in [1.165, 1.54) is 47.5 Å². The standard InChI is InChI=1S/C24H16ClFN2O5/c25-16-7-4-8-17(26)18(16)20-19-21(33-28(20)15-5-2-1-3-6-15)23(30)27(22(19)29)14-11-9-13(10-12-14)24(31)32/h1-12,19-21H,(H,31,32)/t19-,20+,21-/m1/s1. The van der Waals surface area contributed by atoms with Gasteiger partial charge in [-0.1, -0.05) is 35.9 Å². The number of para-hydroxylation sites is 1. The molecular formula is C24H16ClFN2O5. The largest absolute Gasteiger partial charge is 0.478 e. The number of hydrogen-bond acceptors (Lipinski definition) is 5. The number of amides is 2. The van der Waals surface area contributed by atoms with Crippen LogP contribution < -0.4 is 9.96 Å². The Bertz CT molecular complexity index is 1250. The summed E-state index contributed by atoms with van der Waals surface area (Å²) in [5, 5.41) is 10.6. The lowest BCUT2D eigenvalue weighted by Gasteiger charge is -2.29. The molecule has 0 aliphatic carbocycles. The summed E-state index contributed by atoms with van der Waals surface area (Å²) in [5.74, 6) is -4.03. The highest BCUT2D eigenvalue weighted by Gasteiger charge is 2.61. The highest BCUT2D eigenvalue weighted by atomic mass is 35.5. The molecule has 9 heteroatoms. The van der Waals surface area contributed by atoms with E-state index < -0.39 is 41.7 Å². The van der Waals surface area contributed by atoms with Gasteiger partial charge in [0.2, 0.25) is 5.91 Å². The fraction of sp³-hybridized carbons (Fsp3) is 0.125. The van der Waals surface area contributed by atoms with Crippen LogP contribution in [-0.4, -0.2) is 29.0 Å². The zero-order chi connectivity index (χ0) is 23.3. The summed E-state index contributed by atoms with van der Waals surface area (Å²) in [7, 11) is 0. The Kier molecular flexibility index (Phi) is 5.11. The zero-order valence-corrected chi connectivity index (χ0v) is 17.6. The normalized spacial score (nSPS) is 22.1. The average Bonchev–Trinajstić information content (AvgIpc) is 3.30. The Hall–Kier alpha value is -3.75. The van der Waals surface area contributed by atoms with Crippen LogP contribution in [0.1, 0.15) is 22.0 Å². The van der Waals surface area contributed by atoms with E-state index in [0.29, 0.717) is 5.69 Å². The number of halogens is 2. The van der Waals surface area contributed by atoms with Gasteiger partial charge in [-0.25, -0.2) is 19.1 Å². The predicted molar refractivity (Wildman–Crippen MR) is 117 cm³/mol. The topological polar surface area (TPSA) is 87.2 Å². The monoisotopic (exact) mass is 466 g/mol. The van der Waals surface area contributed by atoms with Gasteiger partial charge >= 0.3 is 5.97 Å². The molecule has 2 saturated heterocycles. The van der Waals surface area contributed by atoms with Crippen molar-refractivity contribution in [3.63, 3.8) is 0 Å². The third-order valence-electron chi connectivity index (χ3n) is 5.79. The number of nitrogens with zero attached hydrogens (tertiary/aromatic N) is 2. The first kappa shape index (κ1) is 21.1. The van der Waals surface area contributed by atoms with E-state index >= 15 is 0 Å². The van der Waals surface area contributed by atoms with Crippen LogP contribution in [0.2, 0.25) is 5.02 Å². The molecule has 33 heavy (non-hydrogen) atoms. The zero-order valence-electron chi connectivity index (χ0n) is 16.9. The summed E-state index contributed by atoms with van der Waals surface area (Å²) in [6.45, 7) is 0. The van der Waals surface area contributed by atoms with Crippen LogP contribution in [0.5, 0.6) is 0 Å². The number of rotatable bonds is 4. The predicted octanol–water partition coefficient (Wildman–Crippen LogP) is 4.23. The van der Waals surface area contributed by atoms with Crippen molar-refractivity contribution in [1.29, 1.82) is 0 Å². The van der Waals surface area contributed by atoms with Gasteiger partial charge in [0.05, 0.1) is 16.9 Å². The van der Waals surface area contributed by atoms with Gasteiger partial charge in [-0.05, 0) is 48.5 Å². The Balaban J connectivity index is 1.59. The molecule has 2 aliphatic rings. The molecule has 3 aromatic rings. The van der Waals surface area contributed by atoms with Crippen molar-refractivity contribution < 1.29 is 28.7 Å². The van der Waals surface area contributed by atoms with Crippen molar-refractivity contribution in [3.05, 3.63) is 94.8 Å². The first-order valence-electron chi connectivity index (χ1n) is 10.0. The van der Waals surface area contributed by atoms with Gasteiger partial charge < -0.3 is 5.11 Å². The first-order chi connectivity index (χ1) is 15.9. The maximum Gasteiger partial charge on any atom is 0.335 e. The SMILES string of the molecule is O=C(O)c1ccc(N2C(=O)[C@H]3[C@@H](ON(c4ccccc4)[C@H]3c3c(F)cccc3Cl)C2=O)cc1. The molecule has 0 bridgehead atoms. The van der Waals surface area contributed by atoms with Crippen molar-refractivity contribution >= 4 is 40.8 Å². The summed E-state index contributed by atoms with van der Waals surface area (Å²) in [4.78, 5) is 44.8. The van der Waals surface area contributed by atoms with E-state index in [9.17, 15) is 18.8 Å². The number of fused-ring (bicyclic) bond motifs is 1. The molecule has 0 unspecified atom stereocenters. The summed E-state index contributed by atoms with van der Waals surface area (Å²) >= 11 is 6.35. The number of anilines is 2. The molecule has 166 valence electrons. The van der Waals surface area contributed by atoms with Gasteiger partial charge in [-0.15, -0.1) is 0 Å². The maximum absolute atomic E-state index is 15.0. The first-order valence-corrected chi connectivity index (χ1v) is 10.4. The molecule has 2 aliphatic heterocycles. The minimum atomic E-state index is -1.20. The number of imide groups is 1. The highest BCUT2D eigenvalue weighted by molar-refractivity contribution is 6.31. The van der Waals surface area contributed by atoms with Crippen LogP contribution in [0.4, 0.5) is 15.8 Å². The van der Waals surface area contributed by atoms with Crippen LogP contribution in [0, 0.1) is 11.7 Å². The number of hydrogen-bond donors (Lipinski definition) is 1. The van der Waals surface area contributed by atoms with Crippen LogP contribution >= 0.6 is 11.6 Å². The molecule has 0 aromatic heterocycles. The lowest BCUT2D eigenvalue weighted by atomic mass is 9.90. The lowest BCUT2D eigenvalue weighted by molar-refractivity contribution is -0.126. The van der Waals surface area contributed by atoms with Crippen molar-refractivity contribution in [2.75, 3.05) is 9.96 Å². The Labute approximate surface area is 192 Å². The van der Waals surface area contributed by atoms with Crippen molar-refractivity contribution in [2.24, 2.45) is 5.92 Å². The molecule has 2 amide bonds. The number of aromatic carboxylic acids is 1. The molecule has 0 saturated carbocycles. The minimum absolute atomic E-state index is 0.0144. The van der Waals surface area contributed by atoms with Gasteiger partial charge in [0.15, 0.2) is 6.10 Å². The van der Waals surface area contributed by atoms with Crippen LogP contribution in [-0.2, 0) is 14.4 Å². The quantitative estimate of drug-likeness (QED) is 0.579. The Morgan fingerprint density at radius 1 is 0.909 bits per heavy atom. The second-order valence-electron chi connectivity index (χ2n) is 7.66. The van der Waals surface area contributed by atoms with Crippen molar-refractivity contribution in [1.82, 2.24) is 0 Å². The number of carbonyl (C=O) groups excluding carboxylic acids is 2. The van der Waals surface area contributed by atoms with Gasteiger partial charge in [-0.3, -0.25) is 14.4 Å². The molecule has 3 aromatic carbocycles. The van der Waals surface area contributed by atoms with Gasteiger partial charge in [0.1, 0.15) is 17.8 Å². The number of carboxylic acid groups (broad SMARTS) is 1. The third kappa shape index (κ3) is 3.35. The molecule has 2 heterocycles. The second kappa shape index (κ2) is 7.99. The summed E-state index contributed by atoms with van der Waals surface area (Å²) in [5.41, 5.74) is 0.812. The molecule has 3 atom stereocenters.